The monoisotopic (exact) mass is 262 g/mol. The van der Waals surface area contributed by atoms with Crippen molar-refractivity contribution in [2.75, 3.05) is 30.3 Å². The van der Waals surface area contributed by atoms with E-state index >= 15 is 0 Å². The van der Waals surface area contributed by atoms with Gasteiger partial charge in [-0.25, -0.2) is 0 Å². The average Bonchev–Trinajstić information content (AvgIpc) is 2.60. The molecular formula is C16H26N2O. The van der Waals surface area contributed by atoms with Gasteiger partial charge < -0.3 is 15.4 Å². The Hall–Kier alpha value is -1.38. The normalized spacial score (nSPS) is 20.1. The van der Waals surface area contributed by atoms with Gasteiger partial charge in [0.15, 0.2) is 0 Å². The van der Waals surface area contributed by atoms with E-state index in [1.165, 1.54) is 24.9 Å². The Morgan fingerprint density at radius 2 is 2.11 bits per heavy atom. The van der Waals surface area contributed by atoms with Crippen molar-refractivity contribution in [2.45, 2.75) is 39.5 Å². The summed E-state index contributed by atoms with van der Waals surface area (Å²) in [6, 6.07) is 6.11. The second-order valence-electron chi connectivity index (χ2n) is 5.63. The summed E-state index contributed by atoms with van der Waals surface area (Å²) in [5.41, 5.74) is 8.00. The second-order valence-corrected chi connectivity index (χ2v) is 5.63. The molecule has 1 atom stereocenters. The quantitative estimate of drug-likeness (QED) is 0.841. The summed E-state index contributed by atoms with van der Waals surface area (Å²) in [6.07, 6.45) is 4.88. The zero-order valence-corrected chi connectivity index (χ0v) is 12.2. The number of anilines is 2. The third-order valence-corrected chi connectivity index (χ3v) is 3.77. The fourth-order valence-corrected chi connectivity index (χ4v) is 2.61. The zero-order chi connectivity index (χ0) is 13.7. The predicted molar refractivity (Wildman–Crippen MR) is 81.9 cm³/mol. The van der Waals surface area contributed by atoms with E-state index in [9.17, 15) is 0 Å². The van der Waals surface area contributed by atoms with Gasteiger partial charge >= 0.3 is 0 Å². The molecule has 1 saturated heterocycles. The summed E-state index contributed by atoms with van der Waals surface area (Å²) in [5.74, 6) is 1.73. The molecule has 2 N–H and O–H groups in total. The highest BCUT2D eigenvalue weighted by Crippen LogP contribution is 2.28. The number of nitrogens with two attached hydrogens (primary N) is 1. The Morgan fingerprint density at radius 3 is 2.89 bits per heavy atom. The first-order valence-corrected chi connectivity index (χ1v) is 7.47. The maximum atomic E-state index is 6.00. The number of nitrogens with zero attached hydrogens (tertiary/aromatic N) is 1. The summed E-state index contributed by atoms with van der Waals surface area (Å²) in [5, 5.41) is 0. The van der Waals surface area contributed by atoms with Gasteiger partial charge in [-0.2, -0.15) is 0 Å². The molecule has 3 nitrogen and oxygen atoms in total. The van der Waals surface area contributed by atoms with Gasteiger partial charge in [0.05, 0.1) is 6.61 Å². The highest BCUT2D eigenvalue weighted by Gasteiger charge is 2.15. The Morgan fingerprint density at radius 1 is 1.26 bits per heavy atom. The van der Waals surface area contributed by atoms with Crippen LogP contribution in [0, 0.1) is 5.92 Å². The first-order valence-electron chi connectivity index (χ1n) is 7.47. The van der Waals surface area contributed by atoms with Gasteiger partial charge in [0.25, 0.3) is 0 Å². The largest absolute Gasteiger partial charge is 0.493 e. The molecule has 106 valence electrons. The van der Waals surface area contributed by atoms with Crippen LogP contribution in [0.15, 0.2) is 18.2 Å². The minimum Gasteiger partial charge on any atom is -0.493 e. The predicted octanol–water partition coefficient (Wildman–Crippen LogP) is 3.68. The van der Waals surface area contributed by atoms with Crippen molar-refractivity contribution < 1.29 is 4.74 Å². The Balaban J connectivity index is 2.11. The average molecular weight is 262 g/mol. The molecule has 1 fully saturated rings. The smallest absolute Gasteiger partial charge is 0.123 e. The highest BCUT2D eigenvalue weighted by atomic mass is 16.5. The van der Waals surface area contributed by atoms with Crippen molar-refractivity contribution in [2.24, 2.45) is 5.92 Å². The van der Waals surface area contributed by atoms with Crippen molar-refractivity contribution in [3.8, 4) is 5.75 Å². The van der Waals surface area contributed by atoms with E-state index in [2.05, 4.69) is 30.9 Å². The zero-order valence-electron chi connectivity index (χ0n) is 12.2. The fourth-order valence-electron chi connectivity index (χ4n) is 2.61. The lowest BCUT2D eigenvalue weighted by atomic mass is 10.0. The molecule has 1 aromatic rings. The number of nitrogen functional groups attached to an aromatic ring is 1. The van der Waals surface area contributed by atoms with Crippen LogP contribution < -0.4 is 15.4 Å². The molecule has 3 heteroatoms. The van der Waals surface area contributed by atoms with Gasteiger partial charge in [0, 0.05) is 36.6 Å². The van der Waals surface area contributed by atoms with E-state index in [0.29, 0.717) is 0 Å². The number of benzene rings is 1. The number of ether oxygens (including phenoxy) is 1. The SMILES string of the molecule is CCCOc1cc(N)cc(N2CCCC(C)CC2)c1. The molecule has 0 spiro atoms. The molecule has 19 heavy (non-hydrogen) atoms. The lowest BCUT2D eigenvalue weighted by molar-refractivity contribution is 0.317. The van der Waals surface area contributed by atoms with Crippen molar-refractivity contribution >= 4 is 11.4 Å². The third-order valence-electron chi connectivity index (χ3n) is 3.77. The van der Waals surface area contributed by atoms with E-state index in [4.69, 9.17) is 10.5 Å². The van der Waals surface area contributed by atoms with Crippen molar-refractivity contribution in [1.29, 1.82) is 0 Å². The molecule has 1 aliphatic rings. The molecule has 0 saturated carbocycles. The van der Waals surface area contributed by atoms with E-state index in [0.717, 1.165) is 43.5 Å². The number of rotatable bonds is 4. The molecule has 0 radical (unpaired) electrons. The van der Waals surface area contributed by atoms with Gasteiger partial charge in [0.2, 0.25) is 0 Å². The van der Waals surface area contributed by atoms with Crippen molar-refractivity contribution in [3.05, 3.63) is 18.2 Å². The summed E-state index contributed by atoms with van der Waals surface area (Å²) in [4.78, 5) is 2.44. The third kappa shape index (κ3) is 4.05. The van der Waals surface area contributed by atoms with Gasteiger partial charge in [-0.3, -0.25) is 0 Å². The van der Waals surface area contributed by atoms with Gasteiger partial charge in [-0.05, 0) is 37.7 Å². The first-order chi connectivity index (χ1) is 9.19. The van der Waals surface area contributed by atoms with Crippen molar-refractivity contribution in [1.82, 2.24) is 0 Å². The summed E-state index contributed by atoms with van der Waals surface area (Å²) >= 11 is 0. The topological polar surface area (TPSA) is 38.5 Å². The van der Waals surface area contributed by atoms with E-state index in [1.54, 1.807) is 0 Å². The minimum absolute atomic E-state index is 0.750. The Labute approximate surface area is 116 Å². The summed E-state index contributed by atoms with van der Waals surface area (Å²) in [7, 11) is 0. The van der Waals surface area contributed by atoms with Gasteiger partial charge in [-0.1, -0.05) is 13.8 Å². The van der Waals surface area contributed by atoms with Crippen LogP contribution in [0.25, 0.3) is 0 Å². The molecular weight excluding hydrogens is 236 g/mol. The molecule has 1 aliphatic heterocycles. The van der Waals surface area contributed by atoms with Crippen LogP contribution in [-0.4, -0.2) is 19.7 Å². The molecule has 2 rings (SSSR count). The van der Waals surface area contributed by atoms with E-state index in [1.807, 2.05) is 6.07 Å². The highest BCUT2D eigenvalue weighted by molar-refractivity contribution is 5.60. The summed E-state index contributed by atoms with van der Waals surface area (Å²) in [6.45, 7) is 7.46. The van der Waals surface area contributed by atoms with Crippen LogP contribution in [-0.2, 0) is 0 Å². The van der Waals surface area contributed by atoms with E-state index in [-0.39, 0.29) is 0 Å². The number of hydrogen-bond acceptors (Lipinski definition) is 3. The lowest BCUT2D eigenvalue weighted by Gasteiger charge is -2.24. The second kappa shape index (κ2) is 6.69. The molecule has 1 unspecified atom stereocenters. The van der Waals surface area contributed by atoms with Gasteiger partial charge in [0.1, 0.15) is 5.75 Å². The molecule has 0 aromatic heterocycles. The van der Waals surface area contributed by atoms with Crippen LogP contribution >= 0.6 is 0 Å². The lowest BCUT2D eigenvalue weighted by Crippen LogP contribution is -2.24. The molecule has 1 aromatic carbocycles. The van der Waals surface area contributed by atoms with Crippen LogP contribution in [0.4, 0.5) is 11.4 Å². The summed E-state index contributed by atoms with van der Waals surface area (Å²) < 4.78 is 5.71. The standard InChI is InChI=1S/C16H26N2O/c1-3-9-19-16-11-14(17)10-15(12-16)18-7-4-5-13(2)6-8-18/h10-13H,3-9,17H2,1-2H3. The van der Waals surface area contributed by atoms with Crippen LogP contribution in [0.5, 0.6) is 5.75 Å². The minimum atomic E-state index is 0.750. The van der Waals surface area contributed by atoms with Gasteiger partial charge in [-0.15, -0.1) is 0 Å². The number of hydrogen-bond donors (Lipinski definition) is 1. The maximum absolute atomic E-state index is 6.00. The fraction of sp³-hybridized carbons (Fsp3) is 0.625. The van der Waals surface area contributed by atoms with Crippen LogP contribution in [0.3, 0.4) is 0 Å². The van der Waals surface area contributed by atoms with Crippen LogP contribution in [0.1, 0.15) is 39.5 Å². The van der Waals surface area contributed by atoms with Crippen molar-refractivity contribution in [3.63, 3.8) is 0 Å². The van der Waals surface area contributed by atoms with Crippen LogP contribution in [0.2, 0.25) is 0 Å². The molecule has 0 aliphatic carbocycles. The first kappa shape index (κ1) is 14.0. The Bertz CT molecular complexity index is 406. The molecule has 0 bridgehead atoms. The Kier molecular flexibility index (Phi) is 4.94. The maximum Gasteiger partial charge on any atom is 0.123 e. The molecule has 1 heterocycles. The molecule has 0 amide bonds. The van der Waals surface area contributed by atoms with E-state index < -0.39 is 0 Å².